The molecule has 0 aliphatic carbocycles. The Morgan fingerprint density at radius 2 is 1.76 bits per heavy atom. The lowest BCUT2D eigenvalue weighted by Crippen LogP contribution is -2.28. The molecule has 0 bridgehead atoms. The molecule has 2 aromatic carbocycles. The van der Waals surface area contributed by atoms with E-state index in [1.165, 1.54) is 6.07 Å². The summed E-state index contributed by atoms with van der Waals surface area (Å²) in [5, 5.41) is 7.84. The molecule has 0 spiro atoms. The maximum absolute atomic E-state index is 12.5. The van der Waals surface area contributed by atoms with E-state index in [9.17, 15) is 13.2 Å². The van der Waals surface area contributed by atoms with Gasteiger partial charge in [0.05, 0.1) is 21.7 Å². The number of primary sulfonamides is 1. The summed E-state index contributed by atoms with van der Waals surface area (Å²) in [5.41, 5.74) is 3.11. The number of hydrogen-bond donors (Lipinski definition) is 2. The van der Waals surface area contributed by atoms with Crippen molar-refractivity contribution in [3.05, 3.63) is 62.6 Å². The summed E-state index contributed by atoms with van der Waals surface area (Å²) < 4.78 is 23.2. The van der Waals surface area contributed by atoms with Crippen molar-refractivity contribution >= 4 is 39.1 Å². The monoisotopic (exact) mass is 400 g/mol. The van der Waals surface area contributed by atoms with Crippen LogP contribution in [0.25, 0.3) is 0 Å². The first kappa shape index (κ1) is 19.7. The van der Waals surface area contributed by atoms with Crippen LogP contribution in [0.2, 0.25) is 10.0 Å². The maximum Gasteiger partial charge on any atom is 0.253 e. The van der Waals surface area contributed by atoms with Gasteiger partial charge in [0, 0.05) is 0 Å². The van der Waals surface area contributed by atoms with E-state index in [1.54, 1.807) is 0 Å². The average molecular weight is 401 g/mol. The summed E-state index contributed by atoms with van der Waals surface area (Å²) in [4.78, 5) is 12.2. The minimum atomic E-state index is -4.07. The first-order valence-electron chi connectivity index (χ1n) is 7.40. The summed E-state index contributed by atoms with van der Waals surface area (Å²) in [7, 11) is -4.07. The van der Waals surface area contributed by atoms with Crippen molar-refractivity contribution in [1.29, 1.82) is 0 Å². The highest BCUT2D eigenvalue weighted by Crippen LogP contribution is 2.28. The van der Waals surface area contributed by atoms with Gasteiger partial charge >= 0.3 is 0 Å². The van der Waals surface area contributed by atoms with Crippen LogP contribution >= 0.6 is 23.2 Å². The molecule has 1 amide bonds. The van der Waals surface area contributed by atoms with E-state index in [-0.39, 0.29) is 26.5 Å². The fourth-order valence-electron chi connectivity index (χ4n) is 2.58. The second-order valence-electron chi connectivity index (χ2n) is 5.86. The molecule has 0 radical (unpaired) electrons. The minimum absolute atomic E-state index is 0.00768. The van der Waals surface area contributed by atoms with Gasteiger partial charge in [0.2, 0.25) is 10.0 Å². The smallest absolute Gasteiger partial charge is 0.253 e. The number of nitrogens with two attached hydrogens (primary N) is 1. The first-order valence-corrected chi connectivity index (χ1v) is 9.70. The number of carbonyl (C=O) groups is 1. The summed E-state index contributed by atoms with van der Waals surface area (Å²) >= 11 is 11.9. The Balaban J connectivity index is 2.35. The summed E-state index contributed by atoms with van der Waals surface area (Å²) in [5.74, 6) is -0.515. The van der Waals surface area contributed by atoms with Gasteiger partial charge in [-0.25, -0.2) is 13.6 Å². The minimum Gasteiger partial charge on any atom is -0.345 e. The van der Waals surface area contributed by atoms with Gasteiger partial charge in [-0.1, -0.05) is 47.0 Å². The molecule has 0 saturated heterocycles. The van der Waals surface area contributed by atoms with Crippen LogP contribution in [-0.2, 0) is 10.0 Å². The van der Waals surface area contributed by atoms with E-state index in [0.29, 0.717) is 0 Å². The Bertz CT molecular complexity index is 943. The second kappa shape index (κ2) is 7.33. The number of nitrogens with one attached hydrogen (secondary N) is 1. The molecule has 1 atom stereocenters. The molecule has 0 aromatic heterocycles. The molecule has 0 saturated carbocycles. The lowest BCUT2D eigenvalue weighted by molar-refractivity contribution is 0.0940. The zero-order chi connectivity index (χ0) is 18.9. The van der Waals surface area contributed by atoms with Crippen LogP contribution in [0.1, 0.15) is 40.0 Å². The largest absolute Gasteiger partial charge is 0.345 e. The van der Waals surface area contributed by atoms with Crippen LogP contribution in [0, 0.1) is 13.8 Å². The Kier molecular flexibility index (Phi) is 5.79. The van der Waals surface area contributed by atoms with Crippen LogP contribution in [0.3, 0.4) is 0 Å². The number of sulfonamides is 1. The Morgan fingerprint density at radius 3 is 2.32 bits per heavy atom. The van der Waals surface area contributed by atoms with Crippen molar-refractivity contribution in [1.82, 2.24) is 5.32 Å². The zero-order valence-electron chi connectivity index (χ0n) is 13.9. The summed E-state index contributed by atoms with van der Waals surface area (Å²) in [6.45, 7) is 5.78. The van der Waals surface area contributed by atoms with E-state index in [2.05, 4.69) is 5.32 Å². The topological polar surface area (TPSA) is 89.3 Å². The third kappa shape index (κ3) is 4.52. The van der Waals surface area contributed by atoms with Crippen molar-refractivity contribution in [3.63, 3.8) is 0 Å². The van der Waals surface area contributed by atoms with Crippen LogP contribution in [-0.4, -0.2) is 14.3 Å². The first-order chi connectivity index (χ1) is 11.5. The number of carbonyl (C=O) groups excluding carboxylic acids is 1. The van der Waals surface area contributed by atoms with E-state index in [0.717, 1.165) is 22.8 Å². The highest BCUT2D eigenvalue weighted by atomic mass is 35.5. The van der Waals surface area contributed by atoms with Crippen LogP contribution in [0.5, 0.6) is 0 Å². The molecule has 5 nitrogen and oxygen atoms in total. The van der Waals surface area contributed by atoms with E-state index >= 15 is 0 Å². The van der Waals surface area contributed by atoms with Gasteiger partial charge in [-0.3, -0.25) is 4.79 Å². The number of benzene rings is 2. The van der Waals surface area contributed by atoms with Crippen LogP contribution < -0.4 is 10.5 Å². The molecule has 25 heavy (non-hydrogen) atoms. The molecule has 1 unspecified atom stereocenters. The molecule has 0 aliphatic heterocycles. The molecule has 3 N–H and O–H groups in total. The fourth-order valence-corrected chi connectivity index (χ4v) is 3.99. The van der Waals surface area contributed by atoms with Gasteiger partial charge in [-0.15, -0.1) is 0 Å². The summed E-state index contributed by atoms with van der Waals surface area (Å²) in [6, 6.07) is 7.90. The van der Waals surface area contributed by atoms with Gasteiger partial charge in [-0.05, 0) is 44.0 Å². The van der Waals surface area contributed by atoms with E-state index < -0.39 is 15.9 Å². The lowest BCUT2D eigenvalue weighted by atomic mass is 10.00. The van der Waals surface area contributed by atoms with Crippen molar-refractivity contribution in [2.75, 3.05) is 0 Å². The predicted molar refractivity (Wildman–Crippen MR) is 99.6 cm³/mol. The highest BCUT2D eigenvalue weighted by Gasteiger charge is 2.21. The molecule has 0 fully saturated rings. The standard InChI is InChI=1S/C17H18Cl2N2O3S/c1-9-4-5-12(10(2)6-9)11(3)21-17(22)13-7-16(25(20,23)24)15(19)8-14(13)18/h4-8,11H,1-3H3,(H,21,22)(H2,20,23,24). The highest BCUT2D eigenvalue weighted by molar-refractivity contribution is 7.89. The molecule has 134 valence electrons. The van der Waals surface area contributed by atoms with Gasteiger partial charge in [0.25, 0.3) is 5.91 Å². The molecule has 0 aliphatic rings. The van der Waals surface area contributed by atoms with Crippen LogP contribution in [0.15, 0.2) is 35.2 Å². The Hall–Kier alpha value is -1.60. The van der Waals surface area contributed by atoms with Gasteiger partial charge < -0.3 is 5.32 Å². The number of halogens is 2. The summed E-state index contributed by atoms with van der Waals surface area (Å²) in [6.07, 6.45) is 0. The quantitative estimate of drug-likeness (QED) is 0.818. The number of hydrogen-bond acceptors (Lipinski definition) is 3. The molecular weight excluding hydrogens is 383 g/mol. The van der Waals surface area contributed by atoms with Gasteiger partial charge in [0.15, 0.2) is 0 Å². The Morgan fingerprint density at radius 1 is 1.12 bits per heavy atom. The predicted octanol–water partition coefficient (Wildman–Crippen LogP) is 3.75. The second-order valence-corrected chi connectivity index (χ2v) is 8.21. The van der Waals surface area contributed by atoms with Crippen molar-refractivity contribution in [3.8, 4) is 0 Å². The lowest BCUT2D eigenvalue weighted by Gasteiger charge is -2.18. The van der Waals surface area contributed by atoms with E-state index in [4.69, 9.17) is 28.3 Å². The zero-order valence-corrected chi connectivity index (χ0v) is 16.3. The Labute approximate surface area is 157 Å². The van der Waals surface area contributed by atoms with Crippen molar-refractivity contribution in [2.45, 2.75) is 31.7 Å². The molecular formula is C17H18Cl2N2O3S. The SMILES string of the molecule is Cc1ccc(C(C)NC(=O)c2cc(S(N)(=O)=O)c(Cl)cc2Cl)c(C)c1. The number of rotatable bonds is 4. The van der Waals surface area contributed by atoms with E-state index in [1.807, 2.05) is 39.0 Å². The average Bonchev–Trinajstić information content (AvgIpc) is 2.45. The van der Waals surface area contributed by atoms with Gasteiger partial charge in [0.1, 0.15) is 4.90 Å². The maximum atomic E-state index is 12.5. The molecule has 2 aromatic rings. The molecule has 0 heterocycles. The third-order valence-corrected chi connectivity index (χ3v) is 5.50. The molecule has 8 heteroatoms. The van der Waals surface area contributed by atoms with Crippen LogP contribution in [0.4, 0.5) is 0 Å². The normalized spacial score (nSPS) is 12.7. The number of aryl methyl sites for hydroxylation is 2. The van der Waals surface area contributed by atoms with Gasteiger partial charge in [-0.2, -0.15) is 0 Å². The number of amides is 1. The van der Waals surface area contributed by atoms with Crippen molar-refractivity contribution in [2.24, 2.45) is 5.14 Å². The molecule has 2 rings (SSSR count). The van der Waals surface area contributed by atoms with Crippen molar-refractivity contribution < 1.29 is 13.2 Å². The third-order valence-electron chi connectivity index (χ3n) is 3.81. The fraction of sp³-hybridized carbons (Fsp3) is 0.235.